The molecule has 112 valence electrons. The number of rotatable bonds is 6. The first-order valence-electron chi connectivity index (χ1n) is 7.54. The van der Waals surface area contributed by atoms with Crippen molar-refractivity contribution >= 4 is 23.2 Å². The SMILES string of the molecule is CCCN(CC1CCCN1)C(C)c1cccc(Cl)c1Cl. The van der Waals surface area contributed by atoms with Crippen molar-refractivity contribution in [2.24, 2.45) is 0 Å². The van der Waals surface area contributed by atoms with E-state index < -0.39 is 0 Å². The van der Waals surface area contributed by atoms with Crippen molar-refractivity contribution in [2.75, 3.05) is 19.6 Å². The Kier molecular flexibility index (Phi) is 6.16. The summed E-state index contributed by atoms with van der Waals surface area (Å²) in [7, 11) is 0. The van der Waals surface area contributed by atoms with Crippen molar-refractivity contribution < 1.29 is 0 Å². The summed E-state index contributed by atoms with van der Waals surface area (Å²) in [5, 5.41) is 4.92. The number of hydrogen-bond acceptors (Lipinski definition) is 2. The summed E-state index contributed by atoms with van der Waals surface area (Å²) in [6.07, 6.45) is 3.71. The molecule has 1 aliphatic rings. The van der Waals surface area contributed by atoms with Gasteiger partial charge in [0.2, 0.25) is 0 Å². The van der Waals surface area contributed by atoms with Gasteiger partial charge in [-0.15, -0.1) is 0 Å². The van der Waals surface area contributed by atoms with Crippen LogP contribution in [0.1, 0.15) is 44.7 Å². The molecule has 1 heterocycles. The Bertz CT molecular complexity index is 430. The smallest absolute Gasteiger partial charge is 0.0640 e. The molecule has 0 aliphatic carbocycles. The van der Waals surface area contributed by atoms with Gasteiger partial charge in [0.25, 0.3) is 0 Å². The second kappa shape index (κ2) is 7.65. The molecule has 0 aromatic heterocycles. The lowest BCUT2D eigenvalue weighted by atomic mass is 10.1. The molecule has 0 saturated carbocycles. The normalized spacial score (nSPS) is 20.6. The lowest BCUT2D eigenvalue weighted by molar-refractivity contribution is 0.192. The van der Waals surface area contributed by atoms with Gasteiger partial charge in [0.05, 0.1) is 10.0 Å². The molecule has 0 amide bonds. The Morgan fingerprint density at radius 2 is 2.20 bits per heavy atom. The average Bonchev–Trinajstić information content (AvgIpc) is 2.94. The fourth-order valence-corrected chi connectivity index (χ4v) is 3.43. The summed E-state index contributed by atoms with van der Waals surface area (Å²) < 4.78 is 0. The van der Waals surface area contributed by atoms with Crippen molar-refractivity contribution in [3.8, 4) is 0 Å². The highest BCUT2D eigenvalue weighted by atomic mass is 35.5. The van der Waals surface area contributed by atoms with Crippen LogP contribution in [0.25, 0.3) is 0 Å². The third kappa shape index (κ3) is 3.88. The van der Waals surface area contributed by atoms with Crippen LogP contribution in [0, 0.1) is 0 Å². The minimum absolute atomic E-state index is 0.295. The van der Waals surface area contributed by atoms with E-state index in [2.05, 4.69) is 30.1 Å². The first-order valence-corrected chi connectivity index (χ1v) is 8.30. The maximum Gasteiger partial charge on any atom is 0.0640 e. The molecule has 0 bridgehead atoms. The van der Waals surface area contributed by atoms with Gasteiger partial charge in [-0.05, 0) is 50.9 Å². The minimum Gasteiger partial charge on any atom is -0.313 e. The van der Waals surface area contributed by atoms with E-state index in [1.165, 1.54) is 12.8 Å². The summed E-state index contributed by atoms with van der Waals surface area (Å²) in [6.45, 7) is 7.76. The van der Waals surface area contributed by atoms with Gasteiger partial charge in [0.15, 0.2) is 0 Å². The summed E-state index contributed by atoms with van der Waals surface area (Å²) >= 11 is 12.5. The topological polar surface area (TPSA) is 15.3 Å². The van der Waals surface area contributed by atoms with Crippen molar-refractivity contribution in [1.82, 2.24) is 10.2 Å². The number of halogens is 2. The Morgan fingerprint density at radius 3 is 2.85 bits per heavy atom. The van der Waals surface area contributed by atoms with E-state index in [1.54, 1.807) is 0 Å². The highest BCUT2D eigenvalue weighted by Crippen LogP contribution is 2.33. The quantitative estimate of drug-likeness (QED) is 0.830. The van der Waals surface area contributed by atoms with Crippen LogP contribution in [-0.2, 0) is 0 Å². The van der Waals surface area contributed by atoms with Gasteiger partial charge in [-0.25, -0.2) is 0 Å². The van der Waals surface area contributed by atoms with Crippen LogP contribution in [-0.4, -0.2) is 30.6 Å². The predicted molar refractivity (Wildman–Crippen MR) is 87.8 cm³/mol. The van der Waals surface area contributed by atoms with Gasteiger partial charge >= 0.3 is 0 Å². The van der Waals surface area contributed by atoms with Crippen LogP contribution >= 0.6 is 23.2 Å². The van der Waals surface area contributed by atoms with Crippen LogP contribution in [0.3, 0.4) is 0 Å². The lowest BCUT2D eigenvalue weighted by Gasteiger charge is -2.32. The molecule has 4 heteroatoms. The van der Waals surface area contributed by atoms with Crippen LogP contribution < -0.4 is 5.32 Å². The zero-order chi connectivity index (χ0) is 14.5. The molecule has 1 N–H and O–H groups in total. The van der Waals surface area contributed by atoms with Gasteiger partial charge in [-0.2, -0.15) is 0 Å². The Labute approximate surface area is 132 Å². The van der Waals surface area contributed by atoms with Gasteiger partial charge in [-0.3, -0.25) is 4.90 Å². The molecule has 2 rings (SSSR count). The van der Waals surface area contributed by atoms with Crippen molar-refractivity contribution in [3.63, 3.8) is 0 Å². The Balaban J connectivity index is 2.12. The second-order valence-electron chi connectivity index (χ2n) is 5.61. The molecule has 1 aliphatic heterocycles. The third-order valence-electron chi connectivity index (χ3n) is 4.11. The number of nitrogens with zero attached hydrogens (tertiary/aromatic N) is 1. The molecule has 1 aromatic rings. The lowest BCUT2D eigenvalue weighted by Crippen LogP contribution is -2.39. The van der Waals surface area contributed by atoms with Crippen LogP contribution in [0.5, 0.6) is 0 Å². The van der Waals surface area contributed by atoms with Gasteiger partial charge in [0.1, 0.15) is 0 Å². The number of nitrogens with one attached hydrogen (secondary N) is 1. The standard InChI is InChI=1S/C16H24Cl2N2/c1-3-10-20(11-13-6-5-9-19-13)12(2)14-7-4-8-15(17)16(14)18/h4,7-8,12-13,19H,3,5-6,9-11H2,1-2H3. The van der Waals surface area contributed by atoms with Gasteiger partial charge in [0, 0.05) is 18.6 Å². The zero-order valence-corrected chi connectivity index (χ0v) is 13.8. The van der Waals surface area contributed by atoms with E-state index in [0.29, 0.717) is 22.1 Å². The molecule has 0 spiro atoms. The summed E-state index contributed by atoms with van der Waals surface area (Å²) in [5.74, 6) is 0. The largest absolute Gasteiger partial charge is 0.313 e. The zero-order valence-electron chi connectivity index (χ0n) is 12.3. The van der Waals surface area contributed by atoms with E-state index >= 15 is 0 Å². The van der Waals surface area contributed by atoms with Crippen LogP contribution in [0.4, 0.5) is 0 Å². The summed E-state index contributed by atoms with van der Waals surface area (Å²) in [6, 6.07) is 6.83. The van der Waals surface area contributed by atoms with Crippen molar-refractivity contribution in [2.45, 2.75) is 45.2 Å². The highest BCUT2D eigenvalue weighted by molar-refractivity contribution is 6.42. The molecule has 0 radical (unpaired) electrons. The monoisotopic (exact) mass is 314 g/mol. The maximum atomic E-state index is 6.37. The maximum absolute atomic E-state index is 6.37. The van der Waals surface area contributed by atoms with Gasteiger partial charge < -0.3 is 5.32 Å². The predicted octanol–water partition coefficient (Wildman–Crippen LogP) is 4.52. The first-order chi connectivity index (χ1) is 9.63. The first kappa shape index (κ1) is 16.1. The molecule has 20 heavy (non-hydrogen) atoms. The summed E-state index contributed by atoms with van der Waals surface area (Å²) in [5.41, 5.74) is 1.13. The fraction of sp³-hybridized carbons (Fsp3) is 0.625. The second-order valence-corrected chi connectivity index (χ2v) is 6.39. The number of hydrogen-bond donors (Lipinski definition) is 1. The average molecular weight is 315 g/mol. The van der Waals surface area contributed by atoms with E-state index in [-0.39, 0.29) is 0 Å². The summed E-state index contributed by atoms with van der Waals surface area (Å²) in [4.78, 5) is 2.51. The molecule has 1 saturated heterocycles. The van der Waals surface area contributed by atoms with E-state index in [9.17, 15) is 0 Å². The molecular weight excluding hydrogens is 291 g/mol. The Morgan fingerprint density at radius 1 is 1.40 bits per heavy atom. The molecule has 1 aromatic carbocycles. The highest BCUT2D eigenvalue weighted by Gasteiger charge is 2.23. The Hall–Kier alpha value is -0.280. The molecule has 2 nitrogen and oxygen atoms in total. The van der Waals surface area contributed by atoms with Crippen molar-refractivity contribution in [1.29, 1.82) is 0 Å². The minimum atomic E-state index is 0.295. The van der Waals surface area contributed by atoms with Crippen molar-refractivity contribution in [3.05, 3.63) is 33.8 Å². The molecule has 2 atom stereocenters. The van der Waals surface area contributed by atoms with E-state index in [4.69, 9.17) is 23.2 Å². The molecular formula is C16H24Cl2N2. The third-order valence-corrected chi connectivity index (χ3v) is 4.94. The fourth-order valence-electron chi connectivity index (χ4n) is 2.97. The number of benzene rings is 1. The van der Waals surface area contributed by atoms with E-state index in [0.717, 1.165) is 31.6 Å². The van der Waals surface area contributed by atoms with Crippen LogP contribution in [0.15, 0.2) is 18.2 Å². The molecule has 1 fully saturated rings. The molecule has 2 unspecified atom stereocenters. The van der Waals surface area contributed by atoms with Crippen LogP contribution in [0.2, 0.25) is 10.0 Å². The van der Waals surface area contributed by atoms with Gasteiger partial charge in [-0.1, -0.05) is 42.3 Å². The van der Waals surface area contributed by atoms with E-state index in [1.807, 2.05) is 12.1 Å².